The molecule has 3 aromatic carbocycles. The number of esters is 3. The summed E-state index contributed by atoms with van der Waals surface area (Å²) in [5, 5.41) is 0. The van der Waals surface area contributed by atoms with Crippen molar-refractivity contribution in [2.24, 2.45) is 0 Å². The van der Waals surface area contributed by atoms with Gasteiger partial charge in [0.1, 0.15) is 12.7 Å². The molecule has 4 aromatic rings. The Kier molecular flexibility index (Phi) is 8.39. The van der Waals surface area contributed by atoms with Gasteiger partial charge in [0, 0.05) is 11.8 Å². The summed E-state index contributed by atoms with van der Waals surface area (Å²) in [4.78, 5) is 66.2. The van der Waals surface area contributed by atoms with Gasteiger partial charge in [-0.05, 0) is 43.3 Å². The zero-order valence-corrected chi connectivity index (χ0v) is 22.4. The molecule has 1 fully saturated rings. The average molecular weight is 571 g/mol. The molecule has 0 saturated carbocycles. The number of hydrogen-bond acceptors (Lipinski definition) is 9. The Bertz CT molecular complexity index is 1680. The summed E-state index contributed by atoms with van der Waals surface area (Å²) >= 11 is 0. The molecular formula is C31H26N2O9. The SMILES string of the molecule is Cc1cn([C@@H]2O[C@H](COC(=O)c3ccccc3)[C@@H](OC(=O)c3ccccc3)[C@H]2OC(=O)c2ccccc2)c(=O)[nH]c1=O. The first-order valence-corrected chi connectivity index (χ1v) is 13.0. The highest BCUT2D eigenvalue weighted by Gasteiger charge is 2.51. The maximum absolute atomic E-state index is 13.2. The van der Waals surface area contributed by atoms with Gasteiger partial charge in [-0.15, -0.1) is 0 Å². The fraction of sp³-hybridized carbons (Fsp3) is 0.194. The van der Waals surface area contributed by atoms with Gasteiger partial charge in [0.25, 0.3) is 5.56 Å². The quantitative estimate of drug-likeness (QED) is 0.250. The average Bonchev–Trinajstić information content (AvgIpc) is 3.34. The lowest BCUT2D eigenvalue weighted by Crippen LogP contribution is -2.43. The third-order valence-corrected chi connectivity index (χ3v) is 6.60. The molecule has 11 heteroatoms. The molecule has 1 aromatic heterocycles. The minimum absolute atomic E-state index is 0.183. The predicted octanol–water partition coefficient (Wildman–Crippen LogP) is 3.05. The van der Waals surface area contributed by atoms with E-state index in [1.807, 2.05) is 0 Å². The highest BCUT2D eigenvalue weighted by molar-refractivity contribution is 5.91. The first-order valence-electron chi connectivity index (χ1n) is 13.0. The number of rotatable bonds is 8. The molecule has 42 heavy (non-hydrogen) atoms. The van der Waals surface area contributed by atoms with Gasteiger partial charge in [0.2, 0.25) is 0 Å². The monoisotopic (exact) mass is 570 g/mol. The van der Waals surface area contributed by atoms with E-state index in [0.717, 1.165) is 4.57 Å². The smallest absolute Gasteiger partial charge is 0.338 e. The Morgan fingerprint density at radius 3 is 1.74 bits per heavy atom. The number of carbonyl (C=O) groups excluding carboxylic acids is 3. The first-order chi connectivity index (χ1) is 20.3. The molecule has 214 valence electrons. The molecule has 0 radical (unpaired) electrons. The van der Waals surface area contributed by atoms with E-state index in [1.165, 1.54) is 25.3 Å². The van der Waals surface area contributed by atoms with E-state index in [1.54, 1.807) is 78.9 Å². The molecule has 11 nitrogen and oxygen atoms in total. The lowest BCUT2D eigenvalue weighted by Gasteiger charge is -2.25. The largest absolute Gasteiger partial charge is 0.459 e. The van der Waals surface area contributed by atoms with Crippen molar-refractivity contribution < 1.29 is 33.3 Å². The van der Waals surface area contributed by atoms with Crippen LogP contribution >= 0.6 is 0 Å². The van der Waals surface area contributed by atoms with Crippen LogP contribution in [0.2, 0.25) is 0 Å². The fourth-order valence-electron chi connectivity index (χ4n) is 4.46. The van der Waals surface area contributed by atoms with Crippen molar-refractivity contribution in [1.29, 1.82) is 0 Å². The molecule has 0 aliphatic carbocycles. The van der Waals surface area contributed by atoms with Gasteiger partial charge in [-0.1, -0.05) is 54.6 Å². The fourth-order valence-corrected chi connectivity index (χ4v) is 4.46. The molecule has 1 N–H and O–H groups in total. The van der Waals surface area contributed by atoms with Crippen molar-refractivity contribution in [3.63, 3.8) is 0 Å². The number of carbonyl (C=O) groups is 3. The standard InChI is InChI=1S/C31H26N2O9/c1-19-17-33(31(38)32-26(19)34)27-25(42-30(37)22-15-9-4-10-16-22)24(41-29(36)21-13-7-3-8-14-21)23(40-27)18-39-28(35)20-11-5-2-6-12-20/h2-17,23-25,27H,18H2,1H3,(H,32,34,38)/t23-,24-,25-,27-/m1/s1. The van der Waals surface area contributed by atoms with Crippen LogP contribution in [0.3, 0.4) is 0 Å². The molecule has 0 bridgehead atoms. The first kappa shape index (κ1) is 28.2. The van der Waals surface area contributed by atoms with E-state index in [-0.39, 0.29) is 22.3 Å². The van der Waals surface area contributed by atoms with Crippen LogP contribution in [0.25, 0.3) is 0 Å². The molecule has 0 unspecified atom stereocenters. The second-order valence-electron chi connectivity index (χ2n) is 9.48. The van der Waals surface area contributed by atoms with Crippen LogP contribution < -0.4 is 11.2 Å². The molecule has 0 spiro atoms. The van der Waals surface area contributed by atoms with Gasteiger partial charge in [-0.2, -0.15) is 0 Å². The van der Waals surface area contributed by atoms with Crippen molar-refractivity contribution in [2.75, 3.05) is 6.61 Å². The second-order valence-corrected chi connectivity index (χ2v) is 9.48. The minimum atomic E-state index is -1.38. The summed E-state index contributed by atoms with van der Waals surface area (Å²) in [6.07, 6.45) is -3.96. The lowest BCUT2D eigenvalue weighted by atomic mass is 10.1. The Labute approximate surface area is 239 Å². The number of aryl methyl sites for hydroxylation is 1. The molecule has 1 saturated heterocycles. The number of nitrogens with zero attached hydrogens (tertiary/aromatic N) is 1. The number of nitrogens with one attached hydrogen (secondary N) is 1. The van der Waals surface area contributed by atoms with Gasteiger partial charge in [0.15, 0.2) is 18.4 Å². The van der Waals surface area contributed by atoms with Crippen LogP contribution in [0.4, 0.5) is 0 Å². The Morgan fingerprint density at radius 1 is 0.738 bits per heavy atom. The molecule has 4 atom stereocenters. The number of hydrogen-bond donors (Lipinski definition) is 1. The summed E-state index contributed by atoms with van der Waals surface area (Å²) in [7, 11) is 0. The van der Waals surface area contributed by atoms with Gasteiger partial charge < -0.3 is 18.9 Å². The minimum Gasteiger partial charge on any atom is -0.459 e. The predicted molar refractivity (Wildman–Crippen MR) is 148 cm³/mol. The third kappa shape index (κ3) is 6.21. The maximum Gasteiger partial charge on any atom is 0.338 e. The van der Waals surface area contributed by atoms with Crippen molar-refractivity contribution in [1.82, 2.24) is 9.55 Å². The van der Waals surface area contributed by atoms with E-state index >= 15 is 0 Å². The lowest BCUT2D eigenvalue weighted by molar-refractivity contribution is -0.0640. The molecule has 1 aliphatic rings. The Hall–Kier alpha value is -5.29. The van der Waals surface area contributed by atoms with E-state index < -0.39 is 60.3 Å². The summed E-state index contributed by atoms with van der Waals surface area (Å²) in [6.45, 7) is 1.08. The normalized spacial score (nSPS) is 19.5. The number of benzene rings is 3. The number of H-pyrrole nitrogens is 1. The Morgan fingerprint density at radius 2 is 1.21 bits per heavy atom. The van der Waals surface area contributed by atoms with Crippen molar-refractivity contribution in [2.45, 2.75) is 31.5 Å². The van der Waals surface area contributed by atoms with Crippen LogP contribution in [0, 0.1) is 6.92 Å². The zero-order valence-electron chi connectivity index (χ0n) is 22.4. The van der Waals surface area contributed by atoms with Crippen molar-refractivity contribution in [3.05, 3.63) is 140 Å². The van der Waals surface area contributed by atoms with E-state index in [9.17, 15) is 24.0 Å². The molecule has 5 rings (SSSR count). The third-order valence-electron chi connectivity index (χ3n) is 6.60. The number of aromatic nitrogens is 2. The summed E-state index contributed by atoms with van der Waals surface area (Å²) < 4.78 is 24.3. The van der Waals surface area contributed by atoms with Crippen LogP contribution in [-0.4, -0.2) is 52.4 Å². The number of ether oxygens (including phenoxy) is 4. The Balaban J connectivity index is 1.52. The van der Waals surface area contributed by atoms with Gasteiger partial charge >= 0.3 is 23.6 Å². The number of aromatic amines is 1. The summed E-state index contributed by atoms with van der Waals surface area (Å²) in [5.74, 6) is -2.19. The van der Waals surface area contributed by atoms with Crippen molar-refractivity contribution in [3.8, 4) is 0 Å². The molecule has 2 heterocycles. The van der Waals surface area contributed by atoms with Gasteiger partial charge in [0.05, 0.1) is 16.7 Å². The van der Waals surface area contributed by atoms with E-state index in [0.29, 0.717) is 0 Å². The van der Waals surface area contributed by atoms with Crippen molar-refractivity contribution >= 4 is 17.9 Å². The van der Waals surface area contributed by atoms with Crippen LogP contribution in [-0.2, 0) is 18.9 Å². The molecule has 0 amide bonds. The highest BCUT2D eigenvalue weighted by atomic mass is 16.7. The summed E-state index contributed by atoms with van der Waals surface area (Å²) in [5.41, 5.74) is -0.564. The van der Waals surface area contributed by atoms with Crippen LogP contribution in [0.1, 0.15) is 42.9 Å². The topological polar surface area (TPSA) is 143 Å². The zero-order chi connectivity index (χ0) is 29.6. The van der Waals surface area contributed by atoms with Gasteiger partial charge in [-0.3, -0.25) is 14.3 Å². The highest BCUT2D eigenvalue weighted by Crippen LogP contribution is 2.34. The van der Waals surface area contributed by atoms with E-state index in [4.69, 9.17) is 18.9 Å². The van der Waals surface area contributed by atoms with Crippen LogP contribution in [0.15, 0.2) is 107 Å². The van der Waals surface area contributed by atoms with Crippen LogP contribution in [0.5, 0.6) is 0 Å². The van der Waals surface area contributed by atoms with Gasteiger partial charge in [-0.25, -0.2) is 19.2 Å². The molecule has 1 aliphatic heterocycles. The molecular weight excluding hydrogens is 544 g/mol. The van der Waals surface area contributed by atoms with E-state index in [2.05, 4.69) is 4.98 Å². The summed E-state index contributed by atoms with van der Waals surface area (Å²) in [6, 6.07) is 24.4. The maximum atomic E-state index is 13.2. The second kappa shape index (κ2) is 12.5.